The van der Waals surface area contributed by atoms with Gasteiger partial charge in [0.15, 0.2) is 11.5 Å². The van der Waals surface area contributed by atoms with Crippen LogP contribution < -0.4 is 20.1 Å². The molecule has 0 aliphatic carbocycles. The van der Waals surface area contributed by atoms with Gasteiger partial charge < -0.3 is 30.2 Å². The molecule has 1 aliphatic rings. The summed E-state index contributed by atoms with van der Waals surface area (Å²) in [5.74, 6) is -0.0533. The van der Waals surface area contributed by atoms with E-state index < -0.39 is 12.1 Å². The van der Waals surface area contributed by atoms with Crippen LogP contribution in [-0.4, -0.2) is 41.3 Å². The van der Waals surface area contributed by atoms with Gasteiger partial charge in [-0.25, -0.2) is 0 Å². The molecule has 8 heteroatoms. The lowest BCUT2D eigenvalue weighted by atomic mass is 9.97. The van der Waals surface area contributed by atoms with E-state index in [4.69, 9.17) is 9.47 Å². The van der Waals surface area contributed by atoms with Crippen LogP contribution in [0.4, 0.5) is 0 Å². The second-order valence-corrected chi connectivity index (χ2v) is 9.15. The average Bonchev–Trinajstić information content (AvgIpc) is 3.35. The number of benzene rings is 3. The van der Waals surface area contributed by atoms with Crippen LogP contribution in [0.5, 0.6) is 11.5 Å². The highest BCUT2D eigenvalue weighted by Gasteiger charge is 2.26. The van der Waals surface area contributed by atoms with Crippen LogP contribution >= 0.6 is 0 Å². The van der Waals surface area contributed by atoms with E-state index in [9.17, 15) is 14.7 Å². The monoisotopic (exact) mass is 499 g/mol. The van der Waals surface area contributed by atoms with Gasteiger partial charge in [-0.15, -0.1) is 0 Å². The van der Waals surface area contributed by atoms with E-state index in [0.29, 0.717) is 36.8 Å². The van der Waals surface area contributed by atoms with E-state index in [-0.39, 0.29) is 11.8 Å². The highest BCUT2D eigenvalue weighted by atomic mass is 16.6. The molecule has 4 N–H and O–H groups in total. The van der Waals surface area contributed by atoms with E-state index in [0.717, 1.165) is 33.2 Å². The molecule has 0 saturated heterocycles. The molecule has 190 valence electrons. The maximum absolute atomic E-state index is 13.4. The molecule has 37 heavy (non-hydrogen) atoms. The summed E-state index contributed by atoms with van der Waals surface area (Å²) in [4.78, 5) is 27.8. The van der Waals surface area contributed by atoms with Crippen molar-refractivity contribution in [3.8, 4) is 22.6 Å². The average molecular weight is 500 g/mol. The number of ether oxygens (including phenoxy) is 2. The van der Waals surface area contributed by atoms with Gasteiger partial charge in [0.25, 0.3) is 5.91 Å². The Bertz CT molecular complexity index is 1440. The summed E-state index contributed by atoms with van der Waals surface area (Å²) in [6.07, 6.45) is 0.739. The number of rotatable bonds is 7. The molecule has 4 aromatic rings. The molecule has 0 saturated carbocycles. The van der Waals surface area contributed by atoms with Crippen molar-refractivity contribution in [1.82, 2.24) is 15.6 Å². The fourth-order valence-electron chi connectivity index (χ4n) is 4.51. The van der Waals surface area contributed by atoms with Gasteiger partial charge in [-0.05, 0) is 40.5 Å². The number of hydrogen-bond donors (Lipinski definition) is 4. The van der Waals surface area contributed by atoms with Crippen LogP contribution in [-0.2, 0) is 11.3 Å². The first kappa shape index (κ1) is 24.4. The first-order chi connectivity index (χ1) is 17.9. The van der Waals surface area contributed by atoms with Crippen molar-refractivity contribution >= 4 is 22.7 Å². The molecule has 1 unspecified atom stereocenters. The van der Waals surface area contributed by atoms with E-state index in [1.54, 1.807) is 6.07 Å². The van der Waals surface area contributed by atoms with Crippen molar-refractivity contribution in [1.29, 1.82) is 0 Å². The minimum atomic E-state index is -1.12. The number of fused-ring (bicyclic) bond motifs is 2. The lowest BCUT2D eigenvalue weighted by Crippen LogP contribution is -2.38. The summed E-state index contributed by atoms with van der Waals surface area (Å²) >= 11 is 0. The number of H-pyrrole nitrogens is 1. The van der Waals surface area contributed by atoms with Gasteiger partial charge in [-0.1, -0.05) is 49.4 Å². The normalized spacial score (nSPS) is 14.1. The number of aliphatic hydroxyl groups excluding tert-OH is 1. The summed E-state index contributed by atoms with van der Waals surface area (Å²) in [6, 6.07) is 19.1. The van der Waals surface area contributed by atoms with Crippen molar-refractivity contribution in [3.05, 3.63) is 83.6 Å². The molecule has 8 nitrogen and oxygen atoms in total. The Morgan fingerprint density at radius 3 is 2.57 bits per heavy atom. The van der Waals surface area contributed by atoms with E-state index in [1.807, 2.05) is 67.7 Å². The lowest BCUT2D eigenvalue weighted by Gasteiger charge is -2.24. The minimum absolute atomic E-state index is 0.0900. The predicted octanol–water partition coefficient (Wildman–Crippen LogP) is 4.09. The van der Waals surface area contributed by atoms with Gasteiger partial charge in [0, 0.05) is 36.5 Å². The van der Waals surface area contributed by atoms with Gasteiger partial charge in [-0.2, -0.15) is 0 Å². The van der Waals surface area contributed by atoms with Gasteiger partial charge >= 0.3 is 0 Å². The molecule has 3 aromatic carbocycles. The Labute approximate surface area is 214 Å². The number of aromatic amines is 1. The summed E-state index contributed by atoms with van der Waals surface area (Å²) in [7, 11) is 0. The fraction of sp³-hybridized carbons (Fsp3) is 0.241. The summed E-state index contributed by atoms with van der Waals surface area (Å²) in [6.45, 7) is 4.51. The Morgan fingerprint density at radius 1 is 1.03 bits per heavy atom. The molecule has 2 amide bonds. The van der Waals surface area contributed by atoms with E-state index >= 15 is 0 Å². The van der Waals surface area contributed by atoms with Gasteiger partial charge in [0.2, 0.25) is 5.91 Å². The molecule has 0 bridgehead atoms. The Kier molecular flexibility index (Phi) is 6.83. The first-order valence-corrected chi connectivity index (χ1v) is 12.2. The number of aromatic nitrogens is 1. The molecule has 2 atom stereocenters. The van der Waals surface area contributed by atoms with Gasteiger partial charge in [0.1, 0.15) is 19.4 Å². The molecular formula is C29H29N3O5. The summed E-state index contributed by atoms with van der Waals surface area (Å²) < 4.78 is 11.6. The molecule has 1 aromatic heterocycles. The maximum Gasteiger partial charge on any atom is 0.257 e. The third-order valence-corrected chi connectivity index (χ3v) is 6.58. The molecule has 0 fully saturated rings. The molecule has 2 heterocycles. The third-order valence-electron chi connectivity index (χ3n) is 6.58. The number of hydrogen-bond acceptors (Lipinski definition) is 5. The van der Waals surface area contributed by atoms with Crippen molar-refractivity contribution in [2.45, 2.75) is 32.5 Å². The molecule has 1 aliphatic heterocycles. The quantitative estimate of drug-likeness (QED) is 0.286. The SMILES string of the molecule is CC(=O)NCc1ccc(-c2cc3c(c(C(=O)N[C@H](O)C(C)c4c[nH]c5ccccc45)c2)OCCO3)cc1. The minimum Gasteiger partial charge on any atom is -0.486 e. The fourth-order valence-corrected chi connectivity index (χ4v) is 4.51. The second-order valence-electron chi connectivity index (χ2n) is 9.15. The van der Waals surface area contributed by atoms with Crippen molar-refractivity contribution in [2.24, 2.45) is 0 Å². The molecular weight excluding hydrogens is 470 g/mol. The second kappa shape index (κ2) is 10.4. The van der Waals surface area contributed by atoms with Gasteiger partial charge in [0.05, 0.1) is 5.56 Å². The van der Waals surface area contributed by atoms with E-state index in [1.165, 1.54) is 6.92 Å². The van der Waals surface area contributed by atoms with Crippen LogP contribution in [0.3, 0.4) is 0 Å². The van der Waals surface area contributed by atoms with Crippen LogP contribution in [0.1, 0.15) is 41.3 Å². The Hall–Kier alpha value is -4.30. The summed E-state index contributed by atoms with van der Waals surface area (Å²) in [5, 5.41) is 17.5. The number of nitrogens with one attached hydrogen (secondary N) is 3. The predicted molar refractivity (Wildman–Crippen MR) is 141 cm³/mol. The standard InChI is InChI=1S/C29H29N3O5/c1-17(24-16-31-25-6-4-3-5-22(24)25)28(34)32-29(35)23-13-21(14-26-27(23)37-12-11-36-26)20-9-7-19(8-10-20)15-30-18(2)33/h3-10,13-14,16-17,28,31,34H,11-12,15H2,1-2H3,(H,30,33)(H,32,35)/t17?,28-/m1/s1. The lowest BCUT2D eigenvalue weighted by molar-refractivity contribution is -0.119. The van der Waals surface area contributed by atoms with Crippen molar-refractivity contribution in [2.75, 3.05) is 13.2 Å². The van der Waals surface area contributed by atoms with Gasteiger partial charge in [-0.3, -0.25) is 9.59 Å². The Balaban J connectivity index is 1.40. The highest BCUT2D eigenvalue weighted by molar-refractivity contribution is 5.99. The number of carbonyl (C=O) groups is 2. The number of aliphatic hydroxyl groups is 1. The van der Waals surface area contributed by atoms with Crippen LogP contribution in [0, 0.1) is 0 Å². The zero-order valence-electron chi connectivity index (χ0n) is 20.7. The largest absolute Gasteiger partial charge is 0.486 e. The summed E-state index contributed by atoms with van der Waals surface area (Å²) in [5.41, 5.74) is 4.80. The molecule has 5 rings (SSSR count). The number of para-hydroxylation sites is 1. The highest BCUT2D eigenvalue weighted by Crippen LogP contribution is 2.39. The van der Waals surface area contributed by atoms with Crippen molar-refractivity contribution in [3.63, 3.8) is 0 Å². The van der Waals surface area contributed by atoms with Crippen LogP contribution in [0.15, 0.2) is 66.9 Å². The zero-order valence-corrected chi connectivity index (χ0v) is 20.7. The number of carbonyl (C=O) groups excluding carboxylic acids is 2. The van der Waals surface area contributed by atoms with Crippen LogP contribution in [0.2, 0.25) is 0 Å². The molecule has 0 radical (unpaired) electrons. The Morgan fingerprint density at radius 2 is 1.78 bits per heavy atom. The smallest absolute Gasteiger partial charge is 0.257 e. The maximum atomic E-state index is 13.4. The molecule has 0 spiro atoms. The third kappa shape index (κ3) is 5.15. The zero-order chi connectivity index (χ0) is 25.9. The number of amides is 2. The van der Waals surface area contributed by atoms with Crippen LogP contribution in [0.25, 0.3) is 22.0 Å². The topological polar surface area (TPSA) is 113 Å². The van der Waals surface area contributed by atoms with Crippen molar-refractivity contribution < 1.29 is 24.2 Å². The van der Waals surface area contributed by atoms with E-state index in [2.05, 4.69) is 15.6 Å². The first-order valence-electron chi connectivity index (χ1n) is 12.2.